The van der Waals surface area contributed by atoms with Crippen LogP contribution in [-0.2, 0) is 18.4 Å². The number of carbonyl (C=O) groups excluding carboxylic acids is 1. The van der Waals surface area contributed by atoms with Crippen LogP contribution in [0.3, 0.4) is 0 Å². The summed E-state index contributed by atoms with van der Waals surface area (Å²) in [5, 5.41) is 74.9. The molecule has 0 heterocycles. The zero-order chi connectivity index (χ0) is 51.5. The average molecular weight is 1020 g/mol. The van der Waals surface area contributed by atoms with Gasteiger partial charge in [0.05, 0.1) is 31.3 Å². The Balaban J connectivity index is 2.42. The highest BCUT2D eigenvalue weighted by Crippen LogP contribution is 2.47. The topological polar surface area (TPSA) is 226 Å². The number of rotatable bonds is 48. The third-order valence-electron chi connectivity index (χ3n) is 13.7. The molecule has 1 fully saturated rings. The fraction of sp³-hybridized carbons (Fsp3) is 0.875. The lowest BCUT2D eigenvalue weighted by molar-refractivity contribution is -0.220. The predicted octanol–water partition coefficient (Wildman–Crippen LogP) is 11.7. The van der Waals surface area contributed by atoms with Crippen LogP contribution in [0.4, 0.5) is 0 Å². The first-order valence-electron chi connectivity index (χ1n) is 28.5. The minimum absolute atomic E-state index is 0.245. The van der Waals surface area contributed by atoms with Gasteiger partial charge >= 0.3 is 7.82 Å². The van der Waals surface area contributed by atoms with E-state index >= 15 is 0 Å². The Morgan fingerprint density at radius 2 is 0.914 bits per heavy atom. The molecular weight excluding hydrogens is 910 g/mol. The minimum atomic E-state index is -5.15. The van der Waals surface area contributed by atoms with E-state index < -0.39 is 75.2 Å². The van der Waals surface area contributed by atoms with E-state index in [2.05, 4.69) is 43.5 Å². The number of aliphatic hydroxyl groups excluding tert-OH is 7. The molecule has 8 atom stereocenters. The van der Waals surface area contributed by atoms with Crippen LogP contribution in [0.5, 0.6) is 0 Å². The number of amides is 1. The van der Waals surface area contributed by atoms with Crippen molar-refractivity contribution in [3.8, 4) is 0 Å². The van der Waals surface area contributed by atoms with Crippen molar-refractivity contribution in [2.75, 3.05) is 6.61 Å². The maximum absolute atomic E-state index is 13.1. The predicted molar refractivity (Wildman–Crippen MR) is 284 cm³/mol. The highest BCUT2D eigenvalue weighted by atomic mass is 31.2. The normalized spacial score (nSPS) is 22.0. The van der Waals surface area contributed by atoms with Crippen LogP contribution in [-0.4, -0.2) is 108 Å². The molecule has 412 valence electrons. The third kappa shape index (κ3) is 35.6. The number of phosphoric ester groups is 1. The van der Waals surface area contributed by atoms with Gasteiger partial charge in [-0.25, -0.2) is 4.57 Å². The van der Waals surface area contributed by atoms with Crippen LogP contribution in [0.25, 0.3) is 0 Å². The van der Waals surface area contributed by atoms with Crippen molar-refractivity contribution in [2.24, 2.45) is 0 Å². The molecule has 0 aromatic heterocycles. The molecule has 8 unspecified atom stereocenters. The molecule has 9 N–H and O–H groups in total. The molecule has 14 heteroatoms. The summed E-state index contributed by atoms with van der Waals surface area (Å²) >= 11 is 0. The van der Waals surface area contributed by atoms with Crippen LogP contribution in [0, 0.1) is 0 Å². The number of hydrogen-bond acceptors (Lipinski definition) is 11. The summed E-state index contributed by atoms with van der Waals surface area (Å²) in [4.78, 5) is 23.6. The van der Waals surface area contributed by atoms with Crippen LogP contribution < -0.4 is 5.32 Å². The van der Waals surface area contributed by atoms with Gasteiger partial charge in [-0.3, -0.25) is 13.8 Å². The maximum atomic E-state index is 13.1. The van der Waals surface area contributed by atoms with E-state index in [1.54, 1.807) is 6.08 Å². The van der Waals surface area contributed by atoms with Gasteiger partial charge in [0.25, 0.3) is 0 Å². The maximum Gasteiger partial charge on any atom is 0.472 e. The molecule has 1 aliphatic rings. The van der Waals surface area contributed by atoms with Gasteiger partial charge in [-0.1, -0.05) is 237 Å². The highest BCUT2D eigenvalue weighted by Gasteiger charge is 2.51. The van der Waals surface area contributed by atoms with E-state index in [4.69, 9.17) is 9.05 Å². The Morgan fingerprint density at radius 1 is 0.529 bits per heavy atom. The summed E-state index contributed by atoms with van der Waals surface area (Å²) in [5.74, 6) is -0.591. The summed E-state index contributed by atoms with van der Waals surface area (Å²) in [5.41, 5.74) is 0. The Kier molecular flexibility index (Phi) is 42.7. The smallest absolute Gasteiger partial charge is 0.393 e. The number of allylic oxidation sites excluding steroid dienone is 5. The summed E-state index contributed by atoms with van der Waals surface area (Å²) < 4.78 is 23.0. The lowest BCUT2D eigenvalue weighted by atomic mass is 9.85. The number of aliphatic hydroxyl groups is 7. The zero-order valence-electron chi connectivity index (χ0n) is 44.2. The lowest BCUT2D eigenvalue weighted by Crippen LogP contribution is -2.64. The Morgan fingerprint density at radius 3 is 1.36 bits per heavy atom. The van der Waals surface area contributed by atoms with E-state index in [0.29, 0.717) is 12.8 Å². The summed E-state index contributed by atoms with van der Waals surface area (Å²) in [6.45, 7) is 3.68. The number of phosphoric acid groups is 1. The van der Waals surface area contributed by atoms with Crippen molar-refractivity contribution in [3.05, 3.63) is 36.5 Å². The van der Waals surface area contributed by atoms with Crippen molar-refractivity contribution < 1.29 is 59.0 Å². The van der Waals surface area contributed by atoms with Crippen LogP contribution in [0.1, 0.15) is 251 Å². The molecule has 0 saturated heterocycles. The molecule has 0 radical (unpaired) electrons. The van der Waals surface area contributed by atoms with Crippen LogP contribution >= 0.6 is 7.82 Å². The Hall–Kier alpha value is -1.48. The van der Waals surface area contributed by atoms with Gasteiger partial charge in [-0.2, -0.15) is 0 Å². The lowest BCUT2D eigenvalue weighted by Gasteiger charge is -2.41. The SMILES string of the molecule is CC/C=C\C/C=C\CCCCCCCCCCCCCCC(O)CC(=O)NC(COP(=O)(O)OC1C(O)C(O)C(O)C(O)C1O)C(O)/C=C/CCCCCCCCCCCCCCCCCCCCC. The highest BCUT2D eigenvalue weighted by molar-refractivity contribution is 7.47. The summed E-state index contributed by atoms with van der Waals surface area (Å²) in [6, 6.07) is -1.24. The molecule has 0 spiro atoms. The van der Waals surface area contributed by atoms with Gasteiger partial charge in [0, 0.05) is 0 Å². The molecule has 0 aromatic rings. The van der Waals surface area contributed by atoms with Crippen molar-refractivity contribution in [1.82, 2.24) is 5.32 Å². The zero-order valence-corrected chi connectivity index (χ0v) is 45.1. The van der Waals surface area contributed by atoms with Gasteiger partial charge in [0.15, 0.2) is 0 Å². The van der Waals surface area contributed by atoms with Crippen molar-refractivity contribution >= 4 is 13.7 Å². The summed E-state index contributed by atoms with van der Waals surface area (Å²) in [6.07, 6.45) is 40.8. The third-order valence-corrected chi connectivity index (χ3v) is 14.7. The number of nitrogens with one attached hydrogen (secondary N) is 1. The fourth-order valence-corrected chi connectivity index (χ4v) is 10.1. The average Bonchev–Trinajstić information content (AvgIpc) is 3.34. The monoisotopic (exact) mass is 1020 g/mol. The van der Waals surface area contributed by atoms with Crippen molar-refractivity contribution in [3.63, 3.8) is 0 Å². The molecule has 0 aromatic carbocycles. The Bertz CT molecular complexity index is 1340. The van der Waals surface area contributed by atoms with Crippen LogP contribution in [0.2, 0.25) is 0 Å². The molecule has 1 amide bonds. The largest absolute Gasteiger partial charge is 0.472 e. The molecule has 1 saturated carbocycles. The first-order chi connectivity index (χ1) is 33.8. The van der Waals surface area contributed by atoms with Crippen molar-refractivity contribution in [1.29, 1.82) is 0 Å². The second kappa shape index (κ2) is 45.0. The number of carbonyl (C=O) groups is 1. The molecule has 0 bridgehead atoms. The molecule has 70 heavy (non-hydrogen) atoms. The van der Waals surface area contributed by atoms with E-state index in [0.717, 1.165) is 57.8 Å². The summed E-state index contributed by atoms with van der Waals surface area (Å²) in [7, 11) is -5.15. The van der Waals surface area contributed by atoms with E-state index in [-0.39, 0.29) is 6.42 Å². The number of unbranched alkanes of at least 4 members (excludes halogenated alkanes) is 31. The van der Waals surface area contributed by atoms with E-state index in [1.165, 1.54) is 167 Å². The molecule has 13 nitrogen and oxygen atoms in total. The molecular formula is C56H106NO12P. The quantitative estimate of drug-likeness (QED) is 0.0158. The molecule has 0 aliphatic heterocycles. The van der Waals surface area contributed by atoms with Crippen molar-refractivity contribution in [2.45, 2.75) is 306 Å². The van der Waals surface area contributed by atoms with Gasteiger partial charge in [0.1, 0.15) is 36.6 Å². The fourth-order valence-electron chi connectivity index (χ4n) is 9.16. The molecule has 1 rings (SSSR count). The van der Waals surface area contributed by atoms with Gasteiger partial charge in [0.2, 0.25) is 5.91 Å². The van der Waals surface area contributed by atoms with Gasteiger partial charge in [-0.15, -0.1) is 0 Å². The van der Waals surface area contributed by atoms with E-state index in [9.17, 15) is 50.0 Å². The van der Waals surface area contributed by atoms with Crippen LogP contribution in [0.15, 0.2) is 36.5 Å². The second-order valence-corrected chi connectivity index (χ2v) is 21.7. The standard InChI is InChI=1S/C56H106NO12P/c1-3-5-7-9-11-13-15-17-19-21-23-24-26-28-30-32-34-36-38-40-42-44-49(59)48(46-68-70(66,67)69-56-54(64)52(62)51(61)53(63)55(56)65)57-50(60)45-47(58)43-41-39-37-35-33-31-29-27-25-22-20-18-16-14-12-10-8-6-4-2/h6,8,12,14,42,44,47-49,51-56,58-59,61-65H,3-5,7,9-11,13,15-41,43,45-46H2,1-2H3,(H,57,60)(H,66,67)/b8-6-,14-12-,44-42+. The first kappa shape index (κ1) is 66.5. The second-order valence-electron chi connectivity index (χ2n) is 20.3. The van der Waals surface area contributed by atoms with Gasteiger partial charge in [-0.05, 0) is 44.9 Å². The first-order valence-corrected chi connectivity index (χ1v) is 30.0. The van der Waals surface area contributed by atoms with Gasteiger partial charge < -0.3 is 46.0 Å². The van der Waals surface area contributed by atoms with E-state index in [1.807, 2.05) is 0 Å². The minimum Gasteiger partial charge on any atom is -0.393 e. The Labute approximate surface area is 426 Å². The number of hydrogen-bond donors (Lipinski definition) is 9. The molecule has 1 aliphatic carbocycles.